The Morgan fingerprint density at radius 3 is 2.20 bits per heavy atom. The van der Waals surface area contributed by atoms with E-state index in [1.165, 1.54) is 6.07 Å². The smallest absolute Gasteiger partial charge is 0.381 e. The summed E-state index contributed by atoms with van der Waals surface area (Å²) in [5.74, 6) is -20.5. The van der Waals surface area contributed by atoms with Gasteiger partial charge in [0.05, 0.1) is 5.52 Å². The molecule has 0 aliphatic carbocycles. The highest BCUT2D eigenvalue weighted by Gasteiger charge is 2.75. The second-order valence-corrected chi connectivity index (χ2v) is 7.26. The Bertz CT molecular complexity index is 1200. The molecule has 5 nitrogen and oxygen atoms in total. The van der Waals surface area contributed by atoms with Crippen LogP contribution in [0.2, 0.25) is 0 Å². The molecule has 0 saturated heterocycles. The molecule has 0 atom stereocenters. The summed E-state index contributed by atoms with van der Waals surface area (Å²) in [5.41, 5.74) is 0.246. The minimum Gasteiger partial charge on any atom is -0.487 e. The van der Waals surface area contributed by atoms with Crippen LogP contribution in [0.5, 0.6) is 11.5 Å². The number of aromatic nitrogens is 1. The second-order valence-electron chi connectivity index (χ2n) is 7.26. The first-order valence-electron chi connectivity index (χ1n) is 9.65. The lowest BCUT2D eigenvalue weighted by Gasteiger charge is -2.32. The third-order valence-electron chi connectivity index (χ3n) is 4.76. The number of rotatable bonds is 10. The Kier molecular flexibility index (Phi) is 7.08. The molecular weight excluding hydrogens is 494 g/mol. The van der Waals surface area contributed by atoms with Crippen molar-refractivity contribution in [2.45, 2.75) is 30.8 Å². The summed E-state index contributed by atoms with van der Waals surface area (Å²) in [4.78, 5) is 15.4. The zero-order valence-corrected chi connectivity index (χ0v) is 17.3. The number of halogens is 8. The van der Waals surface area contributed by atoms with Crippen LogP contribution in [-0.2, 0) is 6.61 Å². The summed E-state index contributed by atoms with van der Waals surface area (Å²) in [7, 11) is 0. The van der Waals surface area contributed by atoms with Gasteiger partial charge in [-0.2, -0.15) is 26.3 Å². The van der Waals surface area contributed by atoms with Gasteiger partial charge in [-0.05, 0) is 29.8 Å². The molecule has 0 fully saturated rings. The fraction of sp³-hybridized carbons (Fsp3) is 0.273. The topological polar surface area (TPSA) is 68.7 Å². The number of fused-ring (bicyclic) bond motifs is 1. The number of pyridine rings is 1. The Hall–Kier alpha value is -3.64. The van der Waals surface area contributed by atoms with Gasteiger partial charge < -0.3 is 14.6 Å². The van der Waals surface area contributed by atoms with Crippen LogP contribution in [0, 0.1) is 0 Å². The highest BCUT2D eigenvalue weighted by molar-refractivity contribution is 5.93. The summed E-state index contributed by atoms with van der Waals surface area (Å²) >= 11 is 0. The van der Waals surface area contributed by atoms with Crippen molar-refractivity contribution in [3.63, 3.8) is 0 Å². The predicted molar refractivity (Wildman–Crippen MR) is 106 cm³/mol. The Balaban J connectivity index is 1.85. The second kappa shape index (κ2) is 9.55. The minimum absolute atomic E-state index is 0.0307. The number of ether oxygens (including phenoxy) is 2. The Labute approximate surface area is 191 Å². The fourth-order valence-corrected chi connectivity index (χ4v) is 2.87. The average Bonchev–Trinajstić information content (AvgIpc) is 2.80. The molecule has 2 aromatic carbocycles. The van der Waals surface area contributed by atoms with E-state index in [9.17, 15) is 45.0 Å². The van der Waals surface area contributed by atoms with Gasteiger partial charge in [-0.15, -0.1) is 0 Å². The quantitative estimate of drug-likeness (QED) is 0.337. The average molecular weight is 509 g/mol. The van der Waals surface area contributed by atoms with Crippen molar-refractivity contribution in [2.75, 3.05) is 6.61 Å². The van der Waals surface area contributed by atoms with E-state index in [4.69, 9.17) is 4.74 Å². The predicted octanol–water partition coefficient (Wildman–Crippen LogP) is 6.06. The van der Waals surface area contributed by atoms with Gasteiger partial charge in [0.1, 0.15) is 12.4 Å². The molecule has 3 rings (SSSR count). The molecule has 0 unspecified atom stereocenters. The van der Waals surface area contributed by atoms with Crippen LogP contribution in [0.15, 0.2) is 54.6 Å². The molecule has 1 N–H and O–H groups in total. The number of carboxylic acid groups (broad SMARTS) is 1. The van der Waals surface area contributed by atoms with Crippen molar-refractivity contribution >= 4 is 16.9 Å². The van der Waals surface area contributed by atoms with E-state index in [1.54, 1.807) is 30.3 Å². The molecule has 1 aromatic heterocycles. The van der Waals surface area contributed by atoms with Gasteiger partial charge in [0.15, 0.2) is 18.1 Å². The number of hydrogen-bond donors (Lipinski definition) is 1. The normalized spacial score (nSPS) is 12.7. The first kappa shape index (κ1) is 26.0. The van der Waals surface area contributed by atoms with Gasteiger partial charge in [-0.3, -0.25) is 0 Å². The minimum atomic E-state index is -6.40. The molecule has 0 aliphatic heterocycles. The van der Waals surface area contributed by atoms with Gasteiger partial charge in [-0.1, -0.05) is 30.3 Å². The molecule has 13 heteroatoms. The number of carboxylic acids is 1. The van der Waals surface area contributed by atoms with Crippen LogP contribution in [-0.4, -0.2) is 46.9 Å². The van der Waals surface area contributed by atoms with E-state index in [1.807, 2.05) is 0 Å². The third-order valence-corrected chi connectivity index (χ3v) is 4.76. The molecule has 3 aromatic rings. The largest absolute Gasteiger partial charge is 0.487 e. The highest BCUT2D eigenvalue weighted by Crippen LogP contribution is 2.48. The van der Waals surface area contributed by atoms with Crippen LogP contribution >= 0.6 is 0 Å². The molecule has 188 valence electrons. The van der Waals surface area contributed by atoms with Crippen molar-refractivity contribution in [2.24, 2.45) is 0 Å². The molecular formula is C22H15F8NO4. The number of hydrogen-bond acceptors (Lipinski definition) is 4. The van der Waals surface area contributed by atoms with Crippen LogP contribution in [0.4, 0.5) is 35.1 Å². The van der Waals surface area contributed by atoms with E-state index in [0.717, 1.165) is 18.2 Å². The summed E-state index contributed by atoms with van der Waals surface area (Å²) in [5, 5.41) is 9.47. The molecule has 0 saturated carbocycles. The lowest BCUT2D eigenvalue weighted by molar-refractivity contribution is -0.342. The van der Waals surface area contributed by atoms with Crippen molar-refractivity contribution < 1.29 is 54.5 Å². The van der Waals surface area contributed by atoms with Crippen LogP contribution in [0.1, 0.15) is 16.1 Å². The van der Waals surface area contributed by atoms with E-state index < -0.39 is 48.2 Å². The van der Waals surface area contributed by atoms with Crippen molar-refractivity contribution in [1.82, 2.24) is 4.98 Å². The summed E-state index contributed by atoms with van der Waals surface area (Å²) in [6, 6.07) is 12.8. The first-order valence-corrected chi connectivity index (χ1v) is 9.65. The lowest BCUT2D eigenvalue weighted by atomic mass is 10.1. The number of aromatic carboxylic acids is 1. The number of alkyl halides is 8. The number of benzene rings is 2. The molecule has 0 radical (unpaired) electrons. The van der Waals surface area contributed by atoms with E-state index in [2.05, 4.69) is 9.72 Å². The maximum absolute atomic E-state index is 13.7. The zero-order chi connectivity index (χ0) is 26.0. The van der Waals surface area contributed by atoms with Crippen molar-refractivity contribution in [3.05, 3.63) is 65.9 Å². The molecule has 0 bridgehead atoms. The van der Waals surface area contributed by atoms with Crippen molar-refractivity contribution in [1.29, 1.82) is 0 Å². The zero-order valence-electron chi connectivity index (χ0n) is 17.3. The van der Waals surface area contributed by atoms with Crippen LogP contribution in [0.25, 0.3) is 10.9 Å². The molecule has 0 spiro atoms. The molecule has 35 heavy (non-hydrogen) atoms. The third kappa shape index (κ3) is 5.23. The SMILES string of the molecule is O=C(O)c1nc2ccc(OCC(F)(F)C(F)(F)C(F)(F)C(F)F)cc2cc1OCc1ccccc1. The van der Waals surface area contributed by atoms with Gasteiger partial charge in [0.2, 0.25) is 0 Å². The lowest BCUT2D eigenvalue weighted by Crippen LogP contribution is -2.59. The van der Waals surface area contributed by atoms with E-state index in [0.29, 0.717) is 5.56 Å². The summed E-state index contributed by atoms with van der Waals surface area (Å²) in [6.07, 6.45) is -5.03. The summed E-state index contributed by atoms with van der Waals surface area (Å²) < 4.78 is 115. The Morgan fingerprint density at radius 2 is 1.60 bits per heavy atom. The van der Waals surface area contributed by atoms with Crippen LogP contribution < -0.4 is 9.47 Å². The van der Waals surface area contributed by atoms with Gasteiger partial charge in [0.25, 0.3) is 0 Å². The fourth-order valence-electron chi connectivity index (χ4n) is 2.87. The van der Waals surface area contributed by atoms with E-state index in [-0.39, 0.29) is 23.3 Å². The van der Waals surface area contributed by atoms with Crippen LogP contribution in [0.3, 0.4) is 0 Å². The van der Waals surface area contributed by atoms with Crippen molar-refractivity contribution in [3.8, 4) is 11.5 Å². The maximum Gasteiger partial charge on any atom is 0.381 e. The Morgan fingerprint density at radius 1 is 0.943 bits per heavy atom. The van der Waals surface area contributed by atoms with E-state index >= 15 is 0 Å². The molecule has 0 amide bonds. The summed E-state index contributed by atoms with van der Waals surface area (Å²) in [6.45, 7) is -2.39. The highest BCUT2D eigenvalue weighted by atomic mass is 19.4. The monoisotopic (exact) mass is 509 g/mol. The van der Waals surface area contributed by atoms with Gasteiger partial charge in [0, 0.05) is 5.39 Å². The molecule has 1 heterocycles. The standard InChI is InChI=1S/C22H15F8NO4/c23-19(24)21(27,28)22(29,30)20(25,26)11-35-14-6-7-15-13(8-14)9-16(17(31-15)18(32)33)34-10-12-4-2-1-3-5-12/h1-9,19H,10-11H2,(H,32,33). The van der Waals surface area contributed by atoms with Gasteiger partial charge >= 0.3 is 30.2 Å². The number of carbonyl (C=O) groups is 1. The molecule has 0 aliphatic rings. The van der Waals surface area contributed by atoms with Gasteiger partial charge in [-0.25, -0.2) is 18.6 Å². The number of nitrogens with zero attached hydrogens (tertiary/aromatic N) is 1. The maximum atomic E-state index is 13.7. The first-order chi connectivity index (χ1) is 16.3.